The van der Waals surface area contributed by atoms with E-state index in [0.29, 0.717) is 16.7 Å². The molecule has 180 valence electrons. The molecule has 34 heavy (non-hydrogen) atoms. The number of nitrogens with one attached hydrogen (secondary N) is 1. The molecule has 0 fully saturated rings. The smallest absolute Gasteiger partial charge is 0.251 e. The number of aliphatic hydroxyl groups is 1. The number of ether oxygens (including phenoxy) is 1. The molecule has 0 spiro atoms. The van der Waals surface area contributed by atoms with Gasteiger partial charge in [0.15, 0.2) is 11.6 Å². The molecule has 0 bridgehead atoms. The van der Waals surface area contributed by atoms with Gasteiger partial charge in [-0.1, -0.05) is 49.2 Å². The van der Waals surface area contributed by atoms with Crippen molar-refractivity contribution in [1.82, 2.24) is 10.3 Å². The average Bonchev–Trinajstić information content (AvgIpc) is 2.81. The first-order chi connectivity index (χ1) is 16.1. The Hall–Kier alpha value is -2.87. The van der Waals surface area contributed by atoms with Crippen molar-refractivity contribution < 1.29 is 19.0 Å². The summed E-state index contributed by atoms with van der Waals surface area (Å²) in [5, 5.41) is 12.4. The number of nitrogens with two attached hydrogens (primary N) is 1. The molecule has 3 rings (SSSR count). The Balaban J connectivity index is 1.81. The second kappa shape index (κ2) is 11.0. The van der Waals surface area contributed by atoms with E-state index >= 15 is 0 Å². The molecule has 1 amide bonds. The molecule has 1 aromatic heterocycles. The van der Waals surface area contributed by atoms with Crippen molar-refractivity contribution in [3.05, 3.63) is 75.7 Å². The summed E-state index contributed by atoms with van der Waals surface area (Å²) in [4.78, 5) is 16.7. The number of nitrogen functional groups attached to an aromatic ring is 1. The first-order valence-electron chi connectivity index (χ1n) is 10.7. The van der Waals surface area contributed by atoms with Crippen LogP contribution in [0.3, 0.4) is 0 Å². The third-order valence-corrected chi connectivity index (χ3v) is 6.18. The van der Waals surface area contributed by atoms with E-state index in [1.165, 1.54) is 12.1 Å². The summed E-state index contributed by atoms with van der Waals surface area (Å²) in [6.45, 7) is 5.40. The van der Waals surface area contributed by atoms with Crippen LogP contribution in [0.2, 0.25) is 10.0 Å². The SMILES string of the molecule is CC(Oc1cc(-c2ccc(C(=O)N[C@@H](CO)C(C)C)cc2)cnc1N)c1c(Cl)ccc(F)c1Cl. The summed E-state index contributed by atoms with van der Waals surface area (Å²) in [5.74, 6) is -0.326. The Morgan fingerprint density at radius 1 is 1.15 bits per heavy atom. The molecular formula is C25H26Cl2FN3O3. The second-order valence-electron chi connectivity index (χ2n) is 8.21. The molecular weight excluding hydrogens is 480 g/mol. The number of hydrogen-bond acceptors (Lipinski definition) is 5. The maximum absolute atomic E-state index is 13.9. The number of aromatic nitrogens is 1. The van der Waals surface area contributed by atoms with Gasteiger partial charge in [-0.2, -0.15) is 0 Å². The van der Waals surface area contributed by atoms with Crippen LogP contribution < -0.4 is 15.8 Å². The van der Waals surface area contributed by atoms with E-state index in [1.807, 2.05) is 13.8 Å². The van der Waals surface area contributed by atoms with E-state index in [0.717, 1.165) is 5.56 Å². The number of rotatable bonds is 8. The van der Waals surface area contributed by atoms with Crippen LogP contribution >= 0.6 is 23.2 Å². The summed E-state index contributed by atoms with van der Waals surface area (Å²) < 4.78 is 19.9. The van der Waals surface area contributed by atoms with Gasteiger partial charge in [0.25, 0.3) is 5.91 Å². The number of amides is 1. The number of carbonyl (C=O) groups excluding carboxylic acids is 1. The minimum atomic E-state index is -0.693. The Morgan fingerprint density at radius 2 is 1.82 bits per heavy atom. The van der Waals surface area contributed by atoms with E-state index in [9.17, 15) is 14.3 Å². The minimum absolute atomic E-state index is 0.104. The lowest BCUT2D eigenvalue weighted by Gasteiger charge is -2.20. The highest BCUT2D eigenvalue weighted by atomic mass is 35.5. The molecule has 9 heteroatoms. The molecule has 3 aromatic rings. The summed E-state index contributed by atoms with van der Waals surface area (Å²) in [5.41, 5.74) is 8.26. The zero-order valence-corrected chi connectivity index (χ0v) is 20.5. The molecule has 6 nitrogen and oxygen atoms in total. The lowest BCUT2D eigenvalue weighted by molar-refractivity contribution is 0.0897. The molecule has 0 aliphatic rings. The number of aliphatic hydroxyl groups excluding tert-OH is 1. The van der Waals surface area contributed by atoms with Crippen LogP contribution in [0.5, 0.6) is 5.75 Å². The molecule has 2 atom stereocenters. The van der Waals surface area contributed by atoms with Crippen molar-refractivity contribution in [2.75, 3.05) is 12.3 Å². The lowest BCUT2D eigenvalue weighted by atomic mass is 10.0. The van der Waals surface area contributed by atoms with Crippen LogP contribution in [0.15, 0.2) is 48.7 Å². The number of hydrogen-bond donors (Lipinski definition) is 3. The first-order valence-corrected chi connectivity index (χ1v) is 11.5. The van der Waals surface area contributed by atoms with Crippen molar-refractivity contribution in [1.29, 1.82) is 0 Å². The summed E-state index contributed by atoms with van der Waals surface area (Å²) in [6, 6.07) is 10.9. The number of carbonyl (C=O) groups is 1. The minimum Gasteiger partial charge on any atom is -0.482 e. The summed E-state index contributed by atoms with van der Waals surface area (Å²) in [7, 11) is 0. The van der Waals surface area contributed by atoms with Crippen LogP contribution in [0, 0.1) is 11.7 Å². The zero-order chi connectivity index (χ0) is 25.0. The van der Waals surface area contributed by atoms with Crippen LogP contribution in [0.25, 0.3) is 11.1 Å². The third kappa shape index (κ3) is 5.78. The highest BCUT2D eigenvalue weighted by Crippen LogP contribution is 2.37. The van der Waals surface area contributed by atoms with Gasteiger partial charge in [-0.25, -0.2) is 9.37 Å². The largest absolute Gasteiger partial charge is 0.482 e. The molecule has 1 heterocycles. The number of pyridine rings is 1. The van der Waals surface area contributed by atoms with Crippen molar-refractivity contribution in [3.8, 4) is 16.9 Å². The van der Waals surface area contributed by atoms with E-state index in [1.54, 1.807) is 43.5 Å². The monoisotopic (exact) mass is 505 g/mol. The number of halogens is 3. The second-order valence-corrected chi connectivity index (χ2v) is 8.99. The van der Waals surface area contributed by atoms with Crippen LogP contribution in [-0.2, 0) is 0 Å². The predicted octanol–water partition coefficient (Wildman–Crippen LogP) is 5.66. The zero-order valence-electron chi connectivity index (χ0n) is 19.0. The van der Waals surface area contributed by atoms with Crippen molar-refractivity contribution in [3.63, 3.8) is 0 Å². The molecule has 1 unspecified atom stereocenters. The Kier molecular flexibility index (Phi) is 8.36. The standard InChI is InChI=1S/C25H26Cl2FN3O3/c1-13(2)20(12-32)31-25(33)16-6-4-15(5-7-16)17-10-21(24(29)30-11-17)34-14(3)22-18(26)8-9-19(28)23(22)27/h4-11,13-14,20,32H,12H2,1-3H3,(H2,29,30)(H,31,33)/t14?,20-/m0/s1. The highest BCUT2D eigenvalue weighted by Gasteiger charge is 2.20. The Labute approximate surface area is 207 Å². The maximum Gasteiger partial charge on any atom is 0.251 e. The Bertz CT molecular complexity index is 1170. The normalized spacial score (nSPS) is 12.9. The maximum atomic E-state index is 13.9. The van der Waals surface area contributed by atoms with Crippen molar-refractivity contribution in [2.45, 2.75) is 32.9 Å². The van der Waals surface area contributed by atoms with Gasteiger partial charge in [0.2, 0.25) is 0 Å². The van der Waals surface area contributed by atoms with Gasteiger partial charge in [-0.3, -0.25) is 4.79 Å². The molecule has 0 aliphatic heterocycles. The van der Waals surface area contributed by atoms with E-state index in [4.69, 9.17) is 33.7 Å². The van der Waals surface area contributed by atoms with Crippen LogP contribution in [0.4, 0.5) is 10.2 Å². The van der Waals surface area contributed by atoms with Gasteiger partial charge in [0.1, 0.15) is 11.9 Å². The summed E-state index contributed by atoms with van der Waals surface area (Å²) in [6.07, 6.45) is 0.895. The molecule has 4 N–H and O–H groups in total. The quantitative estimate of drug-likeness (QED) is 0.343. The summed E-state index contributed by atoms with van der Waals surface area (Å²) >= 11 is 12.3. The van der Waals surface area contributed by atoms with E-state index < -0.39 is 11.9 Å². The van der Waals surface area contributed by atoms with E-state index in [2.05, 4.69) is 10.3 Å². The van der Waals surface area contributed by atoms with Crippen LogP contribution in [-0.4, -0.2) is 28.6 Å². The molecule has 0 saturated heterocycles. The van der Waals surface area contributed by atoms with Gasteiger partial charge in [-0.05, 0) is 48.7 Å². The van der Waals surface area contributed by atoms with Gasteiger partial charge in [-0.15, -0.1) is 0 Å². The fraction of sp³-hybridized carbons (Fsp3) is 0.280. The average molecular weight is 506 g/mol. The fourth-order valence-electron chi connectivity index (χ4n) is 3.36. The highest BCUT2D eigenvalue weighted by molar-refractivity contribution is 6.36. The van der Waals surface area contributed by atoms with Crippen molar-refractivity contribution >= 4 is 34.9 Å². The van der Waals surface area contributed by atoms with Crippen LogP contribution in [0.1, 0.15) is 42.8 Å². The van der Waals surface area contributed by atoms with Gasteiger partial charge < -0.3 is 20.9 Å². The predicted molar refractivity (Wildman–Crippen MR) is 133 cm³/mol. The van der Waals surface area contributed by atoms with Gasteiger partial charge >= 0.3 is 0 Å². The third-order valence-electron chi connectivity index (χ3n) is 5.47. The molecule has 0 radical (unpaired) electrons. The van der Waals surface area contributed by atoms with Gasteiger partial charge in [0, 0.05) is 27.9 Å². The van der Waals surface area contributed by atoms with Gasteiger partial charge in [0.05, 0.1) is 17.7 Å². The fourth-order valence-corrected chi connectivity index (χ4v) is 4.04. The molecule has 0 saturated carbocycles. The molecule has 2 aromatic carbocycles. The van der Waals surface area contributed by atoms with Crippen molar-refractivity contribution in [2.24, 2.45) is 5.92 Å². The number of nitrogens with zero attached hydrogens (tertiary/aromatic N) is 1. The molecule has 0 aliphatic carbocycles. The first kappa shape index (κ1) is 25.7. The number of anilines is 1. The topological polar surface area (TPSA) is 97.5 Å². The number of benzene rings is 2. The van der Waals surface area contributed by atoms with E-state index in [-0.39, 0.29) is 46.1 Å². The Morgan fingerprint density at radius 3 is 2.44 bits per heavy atom. The lowest BCUT2D eigenvalue weighted by Crippen LogP contribution is -2.41.